The highest BCUT2D eigenvalue weighted by molar-refractivity contribution is 7.92. The van der Waals surface area contributed by atoms with Crippen molar-refractivity contribution in [2.24, 2.45) is 0 Å². The summed E-state index contributed by atoms with van der Waals surface area (Å²) in [6.07, 6.45) is 0. The van der Waals surface area contributed by atoms with Gasteiger partial charge in [0.05, 0.1) is 10.4 Å². The van der Waals surface area contributed by atoms with Gasteiger partial charge in [0.2, 0.25) is 0 Å². The van der Waals surface area contributed by atoms with Crippen molar-refractivity contribution in [1.82, 2.24) is 4.98 Å². The van der Waals surface area contributed by atoms with Gasteiger partial charge in [0.15, 0.2) is 5.82 Å². The smallest absolute Gasteiger partial charge is 0.252 e. The molecule has 0 aliphatic heterocycles. The molecule has 152 valence electrons. The Morgan fingerprint density at radius 1 is 0.867 bits per heavy atom. The normalized spacial score (nSPS) is 11.6. The Kier molecular flexibility index (Phi) is 5.03. The highest BCUT2D eigenvalue weighted by Gasteiger charge is 2.26. The average molecular weight is 421 g/mol. The lowest BCUT2D eigenvalue weighted by molar-refractivity contribution is 0.594. The summed E-state index contributed by atoms with van der Waals surface area (Å²) in [5.41, 5.74) is 3.92. The molecule has 0 aliphatic rings. The van der Waals surface area contributed by atoms with Crippen LogP contribution in [0.1, 0.15) is 11.1 Å². The lowest BCUT2D eigenvalue weighted by Crippen LogP contribution is -2.28. The lowest BCUT2D eigenvalue weighted by atomic mass is 9.97. The molecule has 6 heteroatoms. The zero-order valence-electron chi connectivity index (χ0n) is 16.9. The number of fused-ring (bicyclic) bond motifs is 1. The van der Waals surface area contributed by atoms with Gasteiger partial charge >= 0.3 is 0 Å². The van der Waals surface area contributed by atoms with Gasteiger partial charge in [0, 0.05) is 18.0 Å². The molecule has 4 rings (SSSR count). The van der Waals surface area contributed by atoms with Crippen molar-refractivity contribution < 1.29 is 12.8 Å². The van der Waals surface area contributed by atoms with Crippen LogP contribution in [0.2, 0.25) is 0 Å². The zero-order valence-corrected chi connectivity index (χ0v) is 17.7. The SMILES string of the molecule is Cc1ccc(S(=O)(=O)N(C)c2nc3ccccc3c(C)c2-c2ccc(F)cc2)cc1. The van der Waals surface area contributed by atoms with Gasteiger partial charge in [-0.1, -0.05) is 48.0 Å². The first-order chi connectivity index (χ1) is 14.3. The summed E-state index contributed by atoms with van der Waals surface area (Å²) >= 11 is 0. The van der Waals surface area contributed by atoms with Crippen LogP contribution >= 0.6 is 0 Å². The molecule has 0 fully saturated rings. The number of hydrogen-bond acceptors (Lipinski definition) is 3. The number of halogens is 1. The second kappa shape index (κ2) is 7.54. The van der Waals surface area contributed by atoms with Gasteiger partial charge in [-0.2, -0.15) is 0 Å². The number of benzene rings is 3. The number of hydrogen-bond donors (Lipinski definition) is 0. The molecule has 0 atom stereocenters. The Labute approximate surface area is 175 Å². The van der Waals surface area contributed by atoms with Crippen molar-refractivity contribution in [3.05, 3.63) is 89.7 Å². The second-order valence-electron chi connectivity index (χ2n) is 7.25. The lowest BCUT2D eigenvalue weighted by Gasteiger charge is -2.24. The summed E-state index contributed by atoms with van der Waals surface area (Å²) < 4.78 is 41.5. The van der Waals surface area contributed by atoms with E-state index in [0.29, 0.717) is 22.5 Å². The number of aromatic nitrogens is 1. The van der Waals surface area contributed by atoms with Crippen molar-refractivity contribution in [2.75, 3.05) is 11.4 Å². The number of nitrogens with zero attached hydrogens (tertiary/aromatic N) is 2. The molecule has 30 heavy (non-hydrogen) atoms. The van der Waals surface area contributed by atoms with Crippen LogP contribution in [0.5, 0.6) is 0 Å². The molecule has 3 aromatic carbocycles. The van der Waals surface area contributed by atoms with Crippen molar-refractivity contribution in [3.63, 3.8) is 0 Å². The van der Waals surface area contributed by atoms with Crippen LogP contribution < -0.4 is 4.31 Å². The van der Waals surface area contributed by atoms with E-state index in [4.69, 9.17) is 4.98 Å². The maximum Gasteiger partial charge on any atom is 0.265 e. The molecule has 4 aromatic rings. The van der Waals surface area contributed by atoms with Gasteiger partial charge < -0.3 is 0 Å². The largest absolute Gasteiger partial charge is 0.265 e. The van der Waals surface area contributed by atoms with E-state index in [1.165, 1.54) is 23.5 Å². The summed E-state index contributed by atoms with van der Waals surface area (Å²) in [4.78, 5) is 4.89. The van der Waals surface area contributed by atoms with E-state index in [2.05, 4.69) is 0 Å². The van der Waals surface area contributed by atoms with Gasteiger partial charge in [0.25, 0.3) is 10.0 Å². The highest BCUT2D eigenvalue weighted by atomic mass is 32.2. The molecule has 1 aromatic heterocycles. The molecular formula is C24H21FN2O2S. The first kappa shape index (κ1) is 20.0. The Balaban J connectivity index is 1.98. The zero-order chi connectivity index (χ0) is 21.5. The van der Waals surface area contributed by atoms with Crippen LogP contribution in [0.4, 0.5) is 10.2 Å². The fourth-order valence-corrected chi connectivity index (χ4v) is 4.69. The molecule has 0 aliphatic carbocycles. The van der Waals surface area contributed by atoms with E-state index in [0.717, 1.165) is 16.5 Å². The third kappa shape index (κ3) is 3.44. The standard InChI is InChI=1S/C24H21FN2O2S/c1-16-8-14-20(15-9-16)30(28,29)27(3)24-23(18-10-12-19(25)13-11-18)17(2)21-6-4-5-7-22(21)26-24/h4-15H,1-3H3. The van der Waals surface area contributed by atoms with Crippen LogP contribution in [0.3, 0.4) is 0 Å². The Bertz CT molecular complexity index is 1330. The molecule has 0 radical (unpaired) electrons. The third-order valence-electron chi connectivity index (χ3n) is 5.24. The highest BCUT2D eigenvalue weighted by Crippen LogP contribution is 2.38. The van der Waals surface area contributed by atoms with Gasteiger partial charge in [-0.05, 0) is 55.3 Å². The van der Waals surface area contributed by atoms with Crippen LogP contribution in [0.25, 0.3) is 22.0 Å². The molecular weight excluding hydrogens is 399 g/mol. The predicted molar refractivity (Wildman–Crippen MR) is 119 cm³/mol. The third-order valence-corrected chi connectivity index (χ3v) is 7.01. The maximum atomic E-state index is 13.5. The molecule has 0 saturated carbocycles. The van der Waals surface area contributed by atoms with Crippen LogP contribution in [0.15, 0.2) is 77.7 Å². The van der Waals surface area contributed by atoms with E-state index in [1.807, 2.05) is 38.1 Å². The number of sulfonamides is 1. The van der Waals surface area contributed by atoms with Gasteiger partial charge in [-0.15, -0.1) is 0 Å². The maximum absolute atomic E-state index is 13.5. The van der Waals surface area contributed by atoms with Gasteiger partial charge in [-0.3, -0.25) is 4.31 Å². The topological polar surface area (TPSA) is 50.3 Å². The Hall–Kier alpha value is -3.25. The van der Waals surface area contributed by atoms with Gasteiger partial charge in [0.1, 0.15) is 5.82 Å². The molecule has 0 unspecified atom stereocenters. The van der Waals surface area contributed by atoms with Crippen molar-refractivity contribution >= 4 is 26.7 Å². The Morgan fingerprint density at radius 3 is 2.17 bits per heavy atom. The summed E-state index contributed by atoms with van der Waals surface area (Å²) in [7, 11) is -2.34. The number of para-hydroxylation sites is 1. The average Bonchev–Trinajstić information content (AvgIpc) is 2.74. The number of aryl methyl sites for hydroxylation is 2. The molecule has 0 N–H and O–H groups in total. The van der Waals surface area contributed by atoms with E-state index >= 15 is 0 Å². The quantitative estimate of drug-likeness (QED) is 0.439. The van der Waals surface area contributed by atoms with Gasteiger partial charge in [-0.25, -0.2) is 17.8 Å². The summed E-state index contributed by atoms with van der Waals surface area (Å²) in [5.74, 6) is -0.0503. The fraction of sp³-hybridized carbons (Fsp3) is 0.125. The summed E-state index contributed by atoms with van der Waals surface area (Å²) in [6, 6.07) is 20.3. The predicted octanol–water partition coefficient (Wildman–Crippen LogP) is 5.48. The number of rotatable bonds is 4. The summed E-state index contributed by atoms with van der Waals surface area (Å²) in [6.45, 7) is 3.83. The number of pyridine rings is 1. The molecule has 0 bridgehead atoms. The van der Waals surface area contributed by atoms with Crippen LogP contribution in [-0.4, -0.2) is 20.4 Å². The van der Waals surface area contributed by atoms with Crippen molar-refractivity contribution in [3.8, 4) is 11.1 Å². The molecule has 1 heterocycles. The molecule has 4 nitrogen and oxygen atoms in total. The second-order valence-corrected chi connectivity index (χ2v) is 9.21. The van der Waals surface area contributed by atoms with E-state index < -0.39 is 10.0 Å². The minimum atomic E-state index is -3.84. The van der Waals surface area contributed by atoms with Crippen LogP contribution in [-0.2, 0) is 10.0 Å². The fourth-order valence-electron chi connectivity index (χ4n) is 3.53. The van der Waals surface area contributed by atoms with E-state index in [1.54, 1.807) is 36.4 Å². The first-order valence-electron chi connectivity index (χ1n) is 9.50. The molecule has 0 amide bonds. The van der Waals surface area contributed by atoms with E-state index in [-0.39, 0.29) is 10.7 Å². The minimum Gasteiger partial charge on any atom is -0.252 e. The molecule has 0 saturated heterocycles. The van der Waals surface area contributed by atoms with Crippen LogP contribution in [0, 0.1) is 19.7 Å². The number of anilines is 1. The summed E-state index contributed by atoms with van der Waals surface area (Å²) in [5, 5.41) is 0.918. The first-order valence-corrected chi connectivity index (χ1v) is 10.9. The Morgan fingerprint density at radius 2 is 1.50 bits per heavy atom. The monoisotopic (exact) mass is 420 g/mol. The molecule has 0 spiro atoms. The van der Waals surface area contributed by atoms with Crippen molar-refractivity contribution in [1.29, 1.82) is 0 Å². The van der Waals surface area contributed by atoms with Crippen molar-refractivity contribution in [2.45, 2.75) is 18.7 Å². The van der Waals surface area contributed by atoms with E-state index in [9.17, 15) is 12.8 Å². The minimum absolute atomic E-state index is 0.188.